The molecule has 0 radical (unpaired) electrons. The van der Waals surface area contributed by atoms with E-state index < -0.39 is 0 Å². The van der Waals surface area contributed by atoms with E-state index in [1.165, 1.54) is 5.69 Å². The fourth-order valence-electron chi connectivity index (χ4n) is 3.29. The second-order valence-corrected chi connectivity index (χ2v) is 7.53. The smallest absolute Gasteiger partial charge is 0.239 e. The molecule has 0 atom stereocenters. The van der Waals surface area contributed by atoms with Gasteiger partial charge in [-0.2, -0.15) is 0 Å². The zero-order valence-corrected chi connectivity index (χ0v) is 18.1. The van der Waals surface area contributed by atoms with Gasteiger partial charge in [-0.1, -0.05) is 30.3 Å². The lowest BCUT2D eigenvalue weighted by Crippen LogP contribution is -2.49. The molecule has 1 fully saturated rings. The van der Waals surface area contributed by atoms with Gasteiger partial charge in [0, 0.05) is 51.4 Å². The summed E-state index contributed by atoms with van der Waals surface area (Å²) < 4.78 is 5.14. The third-order valence-corrected chi connectivity index (χ3v) is 5.32. The van der Waals surface area contributed by atoms with Crippen molar-refractivity contribution in [3.63, 3.8) is 0 Å². The number of hydrogen-bond donors (Lipinski definition) is 3. The third kappa shape index (κ3) is 6.89. The molecule has 1 aliphatic heterocycles. The number of nitrogens with one attached hydrogen (secondary N) is 3. The van der Waals surface area contributed by atoms with Crippen molar-refractivity contribution < 1.29 is 9.53 Å². The minimum atomic E-state index is -0.0749. The number of anilines is 1. The fraction of sp³-hybridized carbons (Fsp3) is 0.364. The van der Waals surface area contributed by atoms with Crippen molar-refractivity contribution in [1.29, 1.82) is 0 Å². The summed E-state index contributed by atoms with van der Waals surface area (Å²) in [4.78, 5) is 16.8. The summed E-state index contributed by atoms with van der Waals surface area (Å²) in [5.74, 6) is 0.738. The molecule has 1 saturated heterocycles. The van der Waals surface area contributed by atoms with Gasteiger partial charge in [0.1, 0.15) is 5.75 Å². The van der Waals surface area contributed by atoms with E-state index in [1.807, 2.05) is 30.3 Å². The molecule has 30 heavy (non-hydrogen) atoms. The van der Waals surface area contributed by atoms with Crippen LogP contribution < -0.4 is 25.8 Å². The topological polar surface area (TPSA) is 68.9 Å². The van der Waals surface area contributed by atoms with E-state index >= 15 is 0 Å². The van der Waals surface area contributed by atoms with Gasteiger partial charge in [-0.3, -0.25) is 20.5 Å². The van der Waals surface area contributed by atoms with Gasteiger partial charge >= 0.3 is 0 Å². The normalized spacial score (nSPS) is 14.1. The molecule has 0 saturated carbocycles. The van der Waals surface area contributed by atoms with Crippen molar-refractivity contribution in [3.8, 4) is 5.75 Å². The van der Waals surface area contributed by atoms with Crippen LogP contribution in [0, 0.1) is 0 Å². The molecule has 3 N–H and O–H groups in total. The number of benzene rings is 2. The Labute approximate surface area is 183 Å². The van der Waals surface area contributed by atoms with Crippen LogP contribution in [0.3, 0.4) is 0 Å². The van der Waals surface area contributed by atoms with E-state index in [-0.39, 0.29) is 5.91 Å². The molecule has 0 spiro atoms. The van der Waals surface area contributed by atoms with Crippen LogP contribution in [0.15, 0.2) is 54.6 Å². The van der Waals surface area contributed by atoms with E-state index in [2.05, 4.69) is 50.2 Å². The first kappa shape index (κ1) is 21.9. The van der Waals surface area contributed by atoms with Gasteiger partial charge in [-0.15, -0.1) is 0 Å². The zero-order chi connectivity index (χ0) is 21.2. The Hall–Kier alpha value is -2.84. The van der Waals surface area contributed by atoms with Crippen LogP contribution in [-0.4, -0.2) is 55.8 Å². The number of ether oxygens (including phenoxy) is 1. The SMILES string of the molecule is COc1ccc(CNC(=S)NNC(=O)CCN2CCN(c3ccccc3)CC2)cc1. The van der Waals surface area contributed by atoms with Gasteiger partial charge in [-0.05, 0) is 42.0 Å². The van der Waals surface area contributed by atoms with Crippen molar-refractivity contribution in [1.82, 2.24) is 21.1 Å². The van der Waals surface area contributed by atoms with Crippen molar-refractivity contribution in [2.24, 2.45) is 0 Å². The first-order valence-corrected chi connectivity index (χ1v) is 10.5. The van der Waals surface area contributed by atoms with Gasteiger partial charge in [0.25, 0.3) is 0 Å². The van der Waals surface area contributed by atoms with Crippen LogP contribution in [0.5, 0.6) is 5.75 Å². The summed E-state index contributed by atoms with van der Waals surface area (Å²) >= 11 is 5.21. The van der Waals surface area contributed by atoms with Gasteiger partial charge < -0.3 is 15.0 Å². The Morgan fingerprint density at radius 2 is 1.70 bits per heavy atom. The Morgan fingerprint density at radius 3 is 2.37 bits per heavy atom. The molecule has 2 aromatic carbocycles. The number of rotatable bonds is 7. The standard InChI is InChI=1S/C22H29N5O2S/c1-29-20-9-7-18(8-10-20)17-23-22(30)25-24-21(28)11-12-26-13-15-27(16-14-26)19-5-3-2-4-6-19/h2-10H,11-17H2,1H3,(H,24,28)(H2,23,25,30). The van der Waals surface area contributed by atoms with Crippen LogP contribution >= 0.6 is 12.2 Å². The maximum atomic E-state index is 12.1. The lowest BCUT2D eigenvalue weighted by Gasteiger charge is -2.36. The molecule has 0 unspecified atom stereocenters. The van der Waals surface area contributed by atoms with Crippen LogP contribution in [-0.2, 0) is 11.3 Å². The summed E-state index contributed by atoms with van der Waals surface area (Å²) in [5, 5.41) is 3.45. The molecule has 1 aliphatic rings. The predicted octanol–water partition coefficient (Wildman–Crippen LogP) is 1.90. The lowest BCUT2D eigenvalue weighted by molar-refractivity contribution is -0.122. The molecule has 160 valence electrons. The minimum absolute atomic E-state index is 0.0749. The molecule has 2 aromatic rings. The molecule has 1 amide bonds. The second kappa shape index (κ2) is 11.4. The summed E-state index contributed by atoms with van der Waals surface area (Å²) in [6.07, 6.45) is 0.430. The number of methoxy groups -OCH3 is 1. The number of carbonyl (C=O) groups is 1. The van der Waals surface area contributed by atoms with E-state index in [1.54, 1.807) is 7.11 Å². The van der Waals surface area contributed by atoms with Crippen LogP contribution in [0.2, 0.25) is 0 Å². The minimum Gasteiger partial charge on any atom is -0.497 e. The third-order valence-electron chi connectivity index (χ3n) is 5.08. The number of amides is 1. The largest absolute Gasteiger partial charge is 0.497 e. The van der Waals surface area contributed by atoms with Crippen molar-refractivity contribution >= 4 is 28.9 Å². The average molecular weight is 428 g/mol. The van der Waals surface area contributed by atoms with Gasteiger partial charge in [0.2, 0.25) is 5.91 Å². The van der Waals surface area contributed by atoms with Crippen LogP contribution in [0.25, 0.3) is 0 Å². The molecule has 0 bridgehead atoms. The highest BCUT2D eigenvalue weighted by Crippen LogP contribution is 2.15. The van der Waals surface area contributed by atoms with Gasteiger partial charge in [-0.25, -0.2) is 0 Å². The maximum Gasteiger partial charge on any atom is 0.239 e. The first-order valence-electron chi connectivity index (χ1n) is 10.1. The van der Waals surface area contributed by atoms with E-state index in [9.17, 15) is 4.79 Å². The Kier molecular flexibility index (Phi) is 8.29. The molecule has 3 rings (SSSR count). The van der Waals surface area contributed by atoms with Gasteiger partial charge in [0.15, 0.2) is 5.11 Å². The summed E-state index contributed by atoms with van der Waals surface area (Å²) in [6.45, 7) is 5.17. The number of para-hydroxylation sites is 1. The molecule has 7 nitrogen and oxygen atoms in total. The molecular weight excluding hydrogens is 398 g/mol. The second-order valence-electron chi connectivity index (χ2n) is 7.12. The number of hydrazine groups is 1. The number of piperazine rings is 1. The van der Waals surface area contributed by atoms with E-state index in [0.717, 1.165) is 44.0 Å². The Bertz CT molecular complexity index is 808. The summed E-state index contributed by atoms with van der Waals surface area (Å²) in [7, 11) is 1.64. The fourth-order valence-corrected chi connectivity index (χ4v) is 3.41. The highest BCUT2D eigenvalue weighted by atomic mass is 32.1. The lowest BCUT2D eigenvalue weighted by atomic mass is 10.2. The van der Waals surface area contributed by atoms with E-state index in [0.29, 0.717) is 18.1 Å². The quantitative estimate of drug-likeness (QED) is 0.461. The zero-order valence-electron chi connectivity index (χ0n) is 17.3. The monoisotopic (exact) mass is 427 g/mol. The van der Waals surface area contributed by atoms with Crippen molar-refractivity contribution in [2.75, 3.05) is 44.7 Å². The number of thiocarbonyl (C=S) groups is 1. The number of hydrogen-bond acceptors (Lipinski definition) is 5. The Morgan fingerprint density at radius 1 is 1.00 bits per heavy atom. The molecule has 8 heteroatoms. The van der Waals surface area contributed by atoms with Gasteiger partial charge in [0.05, 0.1) is 7.11 Å². The highest BCUT2D eigenvalue weighted by Gasteiger charge is 2.17. The van der Waals surface area contributed by atoms with Crippen molar-refractivity contribution in [3.05, 3.63) is 60.2 Å². The number of nitrogens with zero attached hydrogens (tertiary/aromatic N) is 2. The first-order chi connectivity index (χ1) is 14.6. The Balaban J connectivity index is 1.28. The van der Waals surface area contributed by atoms with Crippen molar-refractivity contribution in [2.45, 2.75) is 13.0 Å². The number of carbonyl (C=O) groups excluding carboxylic acids is 1. The predicted molar refractivity (Wildman–Crippen MR) is 123 cm³/mol. The average Bonchev–Trinajstić information content (AvgIpc) is 2.81. The molecule has 0 aromatic heterocycles. The molecule has 1 heterocycles. The maximum absolute atomic E-state index is 12.1. The molecule has 0 aliphatic carbocycles. The summed E-state index contributed by atoms with van der Waals surface area (Å²) in [6, 6.07) is 18.2. The highest BCUT2D eigenvalue weighted by molar-refractivity contribution is 7.80. The van der Waals surface area contributed by atoms with Crippen LogP contribution in [0.1, 0.15) is 12.0 Å². The van der Waals surface area contributed by atoms with E-state index in [4.69, 9.17) is 17.0 Å². The van der Waals surface area contributed by atoms with Crippen LogP contribution in [0.4, 0.5) is 5.69 Å². The molecular formula is C22H29N5O2S. The summed E-state index contributed by atoms with van der Waals surface area (Å²) in [5.41, 5.74) is 7.75.